The Balaban J connectivity index is 1.44. The Morgan fingerprint density at radius 2 is 2.08 bits per heavy atom. The maximum absolute atomic E-state index is 4.66. The van der Waals surface area contributed by atoms with Crippen molar-refractivity contribution in [2.75, 3.05) is 11.9 Å². The van der Waals surface area contributed by atoms with Crippen molar-refractivity contribution < 1.29 is 0 Å². The van der Waals surface area contributed by atoms with E-state index in [1.165, 1.54) is 0 Å². The Bertz CT molecular complexity index is 957. The molecule has 0 aliphatic carbocycles. The Morgan fingerprint density at radius 3 is 2.88 bits per heavy atom. The van der Waals surface area contributed by atoms with Crippen LogP contribution < -0.4 is 5.32 Å². The van der Waals surface area contributed by atoms with Gasteiger partial charge in [-0.3, -0.25) is 4.40 Å². The van der Waals surface area contributed by atoms with Crippen LogP contribution in [0.1, 0.15) is 32.3 Å². The van der Waals surface area contributed by atoms with Crippen LogP contribution in [0.3, 0.4) is 0 Å². The third-order valence-electron chi connectivity index (χ3n) is 3.82. The molecule has 124 valence electrons. The SMILES string of the molecule is CC(C)(C)c1cn2nc(NCCc3nnc4ccccn34)sc2n1. The van der Waals surface area contributed by atoms with Gasteiger partial charge in [-0.15, -0.1) is 15.3 Å². The van der Waals surface area contributed by atoms with E-state index in [1.807, 2.05) is 39.5 Å². The summed E-state index contributed by atoms with van der Waals surface area (Å²) < 4.78 is 3.85. The van der Waals surface area contributed by atoms with Crippen LogP contribution in [0.2, 0.25) is 0 Å². The van der Waals surface area contributed by atoms with E-state index < -0.39 is 0 Å². The number of rotatable bonds is 4. The summed E-state index contributed by atoms with van der Waals surface area (Å²) in [6, 6.07) is 5.89. The fourth-order valence-corrected chi connectivity index (χ4v) is 3.28. The van der Waals surface area contributed by atoms with Gasteiger partial charge in [-0.05, 0) is 12.1 Å². The second kappa shape index (κ2) is 5.55. The van der Waals surface area contributed by atoms with Gasteiger partial charge in [0, 0.05) is 24.6 Å². The zero-order valence-electron chi connectivity index (χ0n) is 13.9. The molecule has 0 bridgehead atoms. The molecule has 0 atom stereocenters. The van der Waals surface area contributed by atoms with Crippen LogP contribution in [0.4, 0.5) is 5.13 Å². The summed E-state index contributed by atoms with van der Waals surface area (Å²) in [5.41, 5.74) is 1.97. The first-order valence-corrected chi connectivity index (χ1v) is 8.71. The van der Waals surface area contributed by atoms with Crippen molar-refractivity contribution in [2.45, 2.75) is 32.6 Å². The Labute approximate surface area is 143 Å². The van der Waals surface area contributed by atoms with Gasteiger partial charge in [0.2, 0.25) is 10.1 Å². The lowest BCUT2D eigenvalue weighted by Gasteiger charge is -2.13. The van der Waals surface area contributed by atoms with Crippen molar-refractivity contribution in [2.24, 2.45) is 0 Å². The Kier molecular flexibility index (Phi) is 3.49. The molecule has 7 nitrogen and oxygen atoms in total. The number of fused-ring (bicyclic) bond motifs is 2. The number of pyridine rings is 1. The molecule has 0 saturated carbocycles. The summed E-state index contributed by atoms with van der Waals surface area (Å²) in [5.74, 6) is 0.939. The minimum absolute atomic E-state index is 0.0374. The average molecular weight is 341 g/mol. The van der Waals surface area contributed by atoms with E-state index in [2.05, 4.69) is 46.4 Å². The molecule has 4 rings (SSSR count). The lowest BCUT2D eigenvalue weighted by molar-refractivity contribution is 0.572. The fraction of sp³-hybridized carbons (Fsp3) is 0.375. The second-order valence-corrected chi connectivity index (χ2v) is 7.69. The van der Waals surface area contributed by atoms with Gasteiger partial charge in [0.25, 0.3) is 0 Å². The van der Waals surface area contributed by atoms with E-state index in [1.54, 1.807) is 11.3 Å². The van der Waals surface area contributed by atoms with E-state index in [0.29, 0.717) is 0 Å². The number of anilines is 1. The van der Waals surface area contributed by atoms with Gasteiger partial charge in [-0.2, -0.15) is 0 Å². The Hall–Kier alpha value is -2.48. The minimum Gasteiger partial charge on any atom is -0.360 e. The molecule has 0 unspecified atom stereocenters. The highest BCUT2D eigenvalue weighted by molar-refractivity contribution is 7.20. The van der Waals surface area contributed by atoms with E-state index in [-0.39, 0.29) is 5.41 Å². The average Bonchev–Trinajstić information content (AvgIpc) is 3.19. The zero-order chi connectivity index (χ0) is 16.7. The molecule has 1 N–H and O–H groups in total. The third-order valence-corrected chi connectivity index (χ3v) is 4.70. The molecular formula is C16H19N7S. The molecule has 0 saturated heterocycles. The summed E-state index contributed by atoms with van der Waals surface area (Å²) in [5, 5.41) is 17.2. The van der Waals surface area contributed by atoms with Crippen LogP contribution in [0.5, 0.6) is 0 Å². The first kappa shape index (κ1) is 15.1. The summed E-state index contributed by atoms with van der Waals surface area (Å²) in [6.07, 6.45) is 4.76. The van der Waals surface area contributed by atoms with Gasteiger partial charge in [-0.1, -0.05) is 38.2 Å². The summed E-state index contributed by atoms with van der Waals surface area (Å²) in [7, 11) is 0. The highest BCUT2D eigenvalue weighted by atomic mass is 32.1. The third kappa shape index (κ3) is 2.73. The maximum Gasteiger partial charge on any atom is 0.214 e. The van der Waals surface area contributed by atoms with Crippen LogP contribution in [0.25, 0.3) is 10.6 Å². The standard InChI is InChI=1S/C16H19N7S/c1-16(2,3)11-10-23-15(18-11)24-14(21-23)17-8-7-13-20-19-12-6-4-5-9-22(12)13/h4-6,9-10H,7-8H2,1-3H3,(H,17,21). The van der Waals surface area contributed by atoms with Crippen LogP contribution in [0, 0.1) is 0 Å². The van der Waals surface area contributed by atoms with Crippen molar-refractivity contribution in [3.05, 3.63) is 42.1 Å². The largest absolute Gasteiger partial charge is 0.360 e. The Morgan fingerprint density at radius 1 is 1.21 bits per heavy atom. The second-order valence-electron chi connectivity index (χ2n) is 6.73. The molecule has 0 radical (unpaired) electrons. The number of imidazole rings is 1. The normalized spacial score (nSPS) is 12.3. The molecular weight excluding hydrogens is 322 g/mol. The number of aromatic nitrogens is 6. The predicted molar refractivity (Wildman–Crippen MR) is 94.7 cm³/mol. The molecule has 0 aliphatic heterocycles. The van der Waals surface area contributed by atoms with Crippen LogP contribution in [-0.2, 0) is 11.8 Å². The first-order chi connectivity index (χ1) is 11.5. The molecule has 0 aromatic carbocycles. The van der Waals surface area contributed by atoms with E-state index in [9.17, 15) is 0 Å². The van der Waals surface area contributed by atoms with Crippen molar-refractivity contribution in [3.8, 4) is 0 Å². The molecule has 8 heteroatoms. The van der Waals surface area contributed by atoms with Crippen molar-refractivity contribution >= 4 is 27.1 Å². The fourth-order valence-electron chi connectivity index (χ4n) is 2.48. The number of nitrogens with one attached hydrogen (secondary N) is 1. The summed E-state index contributed by atoms with van der Waals surface area (Å²) >= 11 is 1.56. The molecule has 4 aromatic heterocycles. The van der Waals surface area contributed by atoms with E-state index in [4.69, 9.17) is 0 Å². The first-order valence-electron chi connectivity index (χ1n) is 7.90. The molecule has 24 heavy (non-hydrogen) atoms. The monoisotopic (exact) mass is 341 g/mol. The molecule has 0 fully saturated rings. The number of hydrogen-bond acceptors (Lipinski definition) is 6. The van der Waals surface area contributed by atoms with Gasteiger partial charge < -0.3 is 5.32 Å². The van der Waals surface area contributed by atoms with Gasteiger partial charge in [0.1, 0.15) is 5.82 Å². The highest BCUT2D eigenvalue weighted by Crippen LogP contribution is 2.25. The van der Waals surface area contributed by atoms with Crippen molar-refractivity contribution in [3.63, 3.8) is 0 Å². The lowest BCUT2D eigenvalue weighted by atomic mass is 9.93. The van der Waals surface area contributed by atoms with Gasteiger partial charge in [-0.25, -0.2) is 9.50 Å². The number of hydrogen-bond donors (Lipinski definition) is 1. The minimum atomic E-state index is 0.0374. The van der Waals surface area contributed by atoms with Crippen LogP contribution in [0.15, 0.2) is 30.6 Å². The molecule has 4 aromatic rings. The maximum atomic E-state index is 4.66. The summed E-state index contributed by atoms with van der Waals surface area (Å²) in [6.45, 7) is 7.21. The van der Waals surface area contributed by atoms with Gasteiger partial charge in [0.15, 0.2) is 5.65 Å². The molecule has 0 aliphatic rings. The predicted octanol–water partition coefficient (Wildman–Crippen LogP) is 2.79. The number of nitrogens with zero attached hydrogens (tertiary/aromatic N) is 6. The van der Waals surface area contributed by atoms with E-state index in [0.717, 1.165) is 40.2 Å². The van der Waals surface area contributed by atoms with Crippen LogP contribution >= 0.6 is 11.3 Å². The zero-order valence-corrected chi connectivity index (χ0v) is 14.7. The highest BCUT2D eigenvalue weighted by Gasteiger charge is 2.19. The van der Waals surface area contributed by atoms with Gasteiger partial charge in [0.05, 0.1) is 11.9 Å². The van der Waals surface area contributed by atoms with Gasteiger partial charge >= 0.3 is 0 Å². The quantitative estimate of drug-likeness (QED) is 0.618. The smallest absolute Gasteiger partial charge is 0.214 e. The van der Waals surface area contributed by atoms with Crippen molar-refractivity contribution in [1.29, 1.82) is 0 Å². The topological polar surface area (TPSA) is 72.4 Å². The lowest BCUT2D eigenvalue weighted by Crippen LogP contribution is -2.11. The summed E-state index contributed by atoms with van der Waals surface area (Å²) in [4.78, 5) is 5.57. The molecule has 0 spiro atoms. The molecule has 4 heterocycles. The molecule has 0 amide bonds. The van der Waals surface area contributed by atoms with E-state index >= 15 is 0 Å². The van der Waals surface area contributed by atoms with Crippen LogP contribution in [-0.4, -0.2) is 35.7 Å². The van der Waals surface area contributed by atoms with Crippen molar-refractivity contribution in [1.82, 2.24) is 29.2 Å².